The lowest BCUT2D eigenvalue weighted by Gasteiger charge is -2.07. The van der Waals surface area contributed by atoms with Crippen LogP contribution >= 0.6 is 0 Å². The SMILES string of the molecule is C=C[C@H](N)c1ccc2c(c1)c1ccccc1n2CC. The van der Waals surface area contributed by atoms with Gasteiger partial charge >= 0.3 is 0 Å². The third-order valence-corrected chi connectivity index (χ3v) is 3.75. The zero-order valence-electron chi connectivity index (χ0n) is 11.1. The highest BCUT2D eigenvalue weighted by molar-refractivity contribution is 6.08. The predicted octanol–water partition coefficient (Wildman–Crippen LogP) is 4.00. The summed E-state index contributed by atoms with van der Waals surface area (Å²) in [6, 6.07) is 14.9. The van der Waals surface area contributed by atoms with Crippen molar-refractivity contribution in [1.29, 1.82) is 0 Å². The average Bonchev–Trinajstić information content (AvgIpc) is 2.79. The second kappa shape index (κ2) is 4.56. The first-order valence-corrected chi connectivity index (χ1v) is 6.65. The van der Waals surface area contributed by atoms with E-state index in [9.17, 15) is 0 Å². The number of nitrogens with two attached hydrogens (primary N) is 1. The van der Waals surface area contributed by atoms with E-state index in [0.717, 1.165) is 12.1 Å². The summed E-state index contributed by atoms with van der Waals surface area (Å²) in [5.41, 5.74) is 9.71. The Morgan fingerprint density at radius 3 is 2.63 bits per heavy atom. The number of para-hydroxylation sites is 1. The Bertz CT molecular complexity index is 752. The molecule has 0 unspecified atom stereocenters. The van der Waals surface area contributed by atoms with E-state index in [1.54, 1.807) is 6.08 Å². The van der Waals surface area contributed by atoms with E-state index in [4.69, 9.17) is 5.73 Å². The molecule has 2 aromatic carbocycles. The van der Waals surface area contributed by atoms with Gasteiger partial charge in [-0.05, 0) is 30.7 Å². The first-order chi connectivity index (χ1) is 9.26. The molecule has 0 saturated carbocycles. The molecule has 0 aliphatic rings. The molecule has 0 spiro atoms. The van der Waals surface area contributed by atoms with Crippen molar-refractivity contribution < 1.29 is 0 Å². The van der Waals surface area contributed by atoms with Crippen LogP contribution < -0.4 is 5.73 Å². The maximum absolute atomic E-state index is 6.04. The van der Waals surface area contributed by atoms with Crippen LogP contribution in [0.2, 0.25) is 0 Å². The van der Waals surface area contributed by atoms with E-state index < -0.39 is 0 Å². The van der Waals surface area contributed by atoms with Gasteiger partial charge in [0.1, 0.15) is 0 Å². The molecule has 2 nitrogen and oxygen atoms in total. The lowest BCUT2D eigenvalue weighted by atomic mass is 10.0. The van der Waals surface area contributed by atoms with Gasteiger partial charge in [0.15, 0.2) is 0 Å². The molecule has 0 radical (unpaired) electrons. The van der Waals surface area contributed by atoms with Crippen molar-refractivity contribution >= 4 is 21.8 Å². The first-order valence-electron chi connectivity index (χ1n) is 6.65. The molecule has 1 atom stereocenters. The fourth-order valence-corrected chi connectivity index (χ4v) is 2.76. The molecule has 2 N–H and O–H groups in total. The third-order valence-electron chi connectivity index (χ3n) is 3.75. The van der Waals surface area contributed by atoms with E-state index in [0.29, 0.717) is 0 Å². The van der Waals surface area contributed by atoms with Gasteiger partial charge in [-0.3, -0.25) is 0 Å². The number of rotatable bonds is 3. The van der Waals surface area contributed by atoms with Crippen molar-refractivity contribution in [3.63, 3.8) is 0 Å². The number of fused-ring (bicyclic) bond motifs is 3. The van der Waals surface area contributed by atoms with Gasteiger partial charge < -0.3 is 10.3 Å². The molecule has 0 fully saturated rings. The van der Waals surface area contributed by atoms with Crippen LogP contribution in [-0.2, 0) is 6.54 Å². The average molecular weight is 250 g/mol. The molecule has 96 valence electrons. The number of aromatic nitrogens is 1. The number of hydrogen-bond donors (Lipinski definition) is 1. The van der Waals surface area contributed by atoms with E-state index in [1.807, 2.05) is 0 Å². The fourth-order valence-electron chi connectivity index (χ4n) is 2.76. The van der Waals surface area contributed by atoms with Crippen LogP contribution in [0, 0.1) is 0 Å². The molecule has 3 rings (SSSR count). The Hall–Kier alpha value is -2.06. The topological polar surface area (TPSA) is 30.9 Å². The molecular weight excluding hydrogens is 232 g/mol. The highest BCUT2D eigenvalue weighted by atomic mass is 15.0. The van der Waals surface area contributed by atoms with Crippen molar-refractivity contribution in [2.75, 3.05) is 0 Å². The first kappa shape index (κ1) is 12.0. The molecule has 19 heavy (non-hydrogen) atoms. The summed E-state index contributed by atoms with van der Waals surface area (Å²) in [6.07, 6.45) is 1.78. The van der Waals surface area contributed by atoms with Crippen molar-refractivity contribution in [2.45, 2.75) is 19.5 Å². The fraction of sp³-hybridized carbons (Fsp3) is 0.176. The molecule has 0 aliphatic carbocycles. The van der Waals surface area contributed by atoms with Gasteiger partial charge in [0.05, 0.1) is 0 Å². The van der Waals surface area contributed by atoms with Crippen molar-refractivity contribution in [1.82, 2.24) is 4.57 Å². The maximum Gasteiger partial charge on any atom is 0.0491 e. The minimum atomic E-state index is -0.104. The summed E-state index contributed by atoms with van der Waals surface area (Å²) >= 11 is 0. The Labute approximate surface area is 113 Å². The third kappa shape index (κ3) is 1.76. The van der Waals surface area contributed by atoms with Crippen molar-refractivity contribution in [3.8, 4) is 0 Å². The number of nitrogens with zero attached hydrogens (tertiary/aromatic N) is 1. The second-order valence-electron chi connectivity index (χ2n) is 4.80. The normalized spacial score (nSPS) is 12.9. The van der Waals surface area contributed by atoms with Gasteiger partial charge in [0.2, 0.25) is 0 Å². The van der Waals surface area contributed by atoms with Crippen LogP contribution in [0.4, 0.5) is 0 Å². The van der Waals surface area contributed by atoms with E-state index in [1.165, 1.54) is 21.8 Å². The Morgan fingerprint density at radius 2 is 1.89 bits per heavy atom. The summed E-state index contributed by atoms with van der Waals surface area (Å²) < 4.78 is 2.34. The van der Waals surface area contributed by atoms with Gasteiger partial charge in [0.25, 0.3) is 0 Å². The van der Waals surface area contributed by atoms with Gasteiger partial charge in [0, 0.05) is 34.4 Å². The van der Waals surface area contributed by atoms with Crippen LogP contribution in [-0.4, -0.2) is 4.57 Å². The quantitative estimate of drug-likeness (QED) is 0.700. The van der Waals surface area contributed by atoms with Gasteiger partial charge in [-0.2, -0.15) is 0 Å². The lowest BCUT2D eigenvalue weighted by Crippen LogP contribution is -2.06. The van der Waals surface area contributed by atoms with Crippen LogP contribution in [0.1, 0.15) is 18.5 Å². The summed E-state index contributed by atoms with van der Waals surface area (Å²) in [6.45, 7) is 6.92. The van der Waals surface area contributed by atoms with Crippen LogP contribution in [0.15, 0.2) is 55.1 Å². The highest BCUT2D eigenvalue weighted by Crippen LogP contribution is 2.30. The molecule has 3 aromatic rings. The summed E-state index contributed by atoms with van der Waals surface area (Å²) in [4.78, 5) is 0. The van der Waals surface area contributed by atoms with Crippen molar-refractivity contribution in [2.24, 2.45) is 5.73 Å². The summed E-state index contributed by atoms with van der Waals surface area (Å²) in [5.74, 6) is 0. The van der Waals surface area contributed by atoms with Crippen LogP contribution in [0.25, 0.3) is 21.8 Å². The molecule has 2 heteroatoms. The molecule has 0 amide bonds. The molecule has 1 heterocycles. The minimum absolute atomic E-state index is 0.104. The minimum Gasteiger partial charge on any atom is -0.341 e. The second-order valence-corrected chi connectivity index (χ2v) is 4.80. The largest absolute Gasteiger partial charge is 0.341 e. The molecule has 0 bridgehead atoms. The van der Waals surface area contributed by atoms with Gasteiger partial charge in [-0.15, -0.1) is 6.58 Å². The van der Waals surface area contributed by atoms with E-state index in [-0.39, 0.29) is 6.04 Å². The Balaban J connectivity index is 2.39. The van der Waals surface area contributed by atoms with Crippen LogP contribution in [0.5, 0.6) is 0 Å². The summed E-state index contributed by atoms with van der Waals surface area (Å²) in [5, 5.41) is 2.56. The Kier molecular flexibility index (Phi) is 2.88. The zero-order chi connectivity index (χ0) is 13.4. The molecule has 1 aromatic heterocycles. The zero-order valence-corrected chi connectivity index (χ0v) is 11.1. The van der Waals surface area contributed by atoms with E-state index >= 15 is 0 Å². The summed E-state index contributed by atoms with van der Waals surface area (Å²) in [7, 11) is 0. The lowest BCUT2D eigenvalue weighted by molar-refractivity contribution is 0.826. The predicted molar refractivity (Wildman–Crippen MR) is 82.2 cm³/mol. The standard InChI is InChI=1S/C17H18N2/c1-3-15(18)12-9-10-17-14(11-12)13-7-5-6-8-16(13)19(17)4-2/h3,5-11,15H,1,4,18H2,2H3/t15-/m0/s1. The maximum atomic E-state index is 6.04. The molecular formula is C17H18N2. The highest BCUT2D eigenvalue weighted by Gasteiger charge is 2.10. The molecule has 0 aliphatic heterocycles. The Morgan fingerprint density at radius 1 is 1.16 bits per heavy atom. The number of benzene rings is 2. The van der Waals surface area contributed by atoms with Gasteiger partial charge in [-0.1, -0.05) is 30.3 Å². The van der Waals surface area contributed by atoms with E-state index in [2.05, 4.69) is 60.5 Å². The van der Waals surface area contributed by atoms with Crippen LogP contribution in [0.3, 0.4) is 0 Å². The number of hydrogen-bond acceptors (Lipinski definition) is 1. The molecule has 0 saturated heterocycles. The number of aryl methyl sites for hydroxylation is 1. The van der Waals surface area contributed by atoms with Crippen molar-refractivity contribution in [3.05, 3.63) is 60.7 Å². The van der Waals surface area contributed by atoms with Gasteiger partial charge in [-0.25, -0.2) is 0 Å². The smallest absolute Gasteiger partial charge is 0.0491 e. The monoisotopic (exact) mass is 250 g/mol.